The first-order valence-corrected chi connectivity index (χ1v) is 5.90. The van der Waals surface area contributed by atoms with Crippen molar-refractivity contribution in [2.75, 3.05) is 23.3 Å². The highest BCUT2D eigenvalue weighted by molar-refractivity contribution is 5.89. The molecule has 2 bridgehead atoms. The summed E-state index contributed by atoms with van der Waals surface area (Å²) in [5.41, 5.74) is 3.71. The molecule has 0 saturated carbocycles. The van der Waals surface area contributed by atoms with E-state index in [0.717, 1.165) is 11.6 Å². The second kappa shape index (κ2) is 3.51. The lowest BCUT2D eigenvalue weighted by Crippen LogP contribution is -2.38. The van der Waals surface area contributed by atoms with Crippen LogP contribution in [0.2, 0.25) is 0 Å². The molecule has 3 heteroatoms. The molecule has 84 valence electrons. The summed E-state index contributed by atoms with van der Waals surface area (Å²) in [4.78, 5) is 13.4. The number of fused-ring (bicyclic) bond motifs is 2. The van der Waals surface area contributed by atoms with Gasteiger partial charge in [0.2, 0.25) is 5.91 Å². The first-order valence-electron chi connectivity index (χ1n) is 5.90. The fourth-order valence-electron chi connectivity index (χ4n) is 2.88. The van der Waals surface area contributed by atoms with Gasteiger partial charge in [0.05, 0.1) is 0 Å². The third-order valence-electron chi connectivity index (χ3n) is 3.63. The summed E-state index contributed by atoms with van der Waals surface area (Å²) in [7, 11) is 0. The molecule has 3 aliphatic rings. The summed E-state index contributed by atoms with van der Waals surface area (Å²) in [6, 6.07) is 6.31. The highest BCUT2D eigenvalue weighted by Crippen LogP contribution is 2.42. The van der Waals surface area contributed by atoms with Gasteiger partial charge < -0.3 is 10.2 Å². The van der Waals surface area contributed by atoms with Gasteiger partial charge in [0.25, 0.3) is 0 Å². The molecule has 1 aromatic rings. The summed E-state index contributed by atoms with van der Waals surface area (Å²) in [5, 5.41) is 2.85. The lowest BCUT2D eigenvalue weighted by atomic mass is 9.83. The molecule has 1 N–H and O–H groups in total. The van der Waals surface area contributed by atoms with E-state index < -0.39 is 0 Å². The first kappa shape index (κ1) is 9.70. The van der Waals surface area contributed by atoms with Crippen molar-refractivity contribution in [2.24, 2.45) is 0 Å². The minimum absolute atomic E-state index is 0.00378. The Morgan fingerprint density at radius 2 is 2.12 bits per heavy atom. The summed E-state index contributed by atoms with van der Waals surface area (Å²) in [6.45, 7) is 3.88. The number of hydrogen-bond acceptors (Lipinski definition) is 2. The van der Waals surface area contributed by atoms with Crippen molar-refractivity contribution < 1.29 is 4.79 Å². The highest BCUT2D eigenvalue weighted by atomic mass is 16.1. The van der Waals surface area contributed by atoms with E-state index in [4.69, 9.17) is 0 Å². The molecule has 0 unspecified atom stereocenters. The van der Waals surface area contributed by atoms with Crippen LogP contribution in [0.5, 0.6) is 0 Å². The molecule has 0 aliphatic carbocycles. The predicted molar refractivity (Wildman–Crippen MR) is 64.9 cm³/mol. The quantitative estimate of drug-likeness (QED) is 0.781. The van der Waals surface area contributed by atoms with Gasteiger partial charge in [-0.3, -0.25) is 4.79 Å². The Kier molecular flexibility index (Phi) is 2.13. The number of nitrogens with one attached hydrogen (secondary N) is 1. The van der Waals surface area contributed by atoms with Gasteiger partial charge in [0, 0.05) is 31.4 Å². The van der Waals surface area contributed by atoms with Gasteiger partial charge in [-0.25, -0.2) is 0 Å². The molecule has 4 rings (SSSR count). The number of piperidine rings is 1. The van der Waals surface area contributed by atoms with Gasteiger partial charge in [0.1, 0.15) is 0 Å². The van der Waals surface area contributed by atoms with Crippen LogP contribution in [-0.4, -0.2) is 19.0 Å². The van der Waals surface area contributed by atoms with E-state index in [1.807, 2.05) is 6.07 Å². The number of amides is 1. The molecular weight excluding hydrogens is 200 g/mol. The predicted octanol–water partition coefficient (Wildman–Crippen LogP) is 2.34. The maximum Gasteiger partial charge on any atom is 0.221 e. The molecule has 3 nitrogen and oxygen atoms in total. The zero-order valence-electron chi connectivity index (χ0n) is 9.49. The second-order valence-corrected chi connectivity index (χ2v) is 4.72. The van der Waals surface area contributed by atoms with Gasteiger partial charge in [0.15, 0.2) is 0 Å². The highest BCUT2D eigenvalue weighted by Gasteiger charge is 2.30. The molecule has 0 spiro atoms. The smallest absolute Gasteiger partial charge is 0.221 e. The van der Waals surface area contributed by atoms with Crippen LogP contribution in [0.3, 0.4) is 0 Å². The normalized spacial score (nSPS) is 18.4. The van der Waals surface area contributed by atoms with Crippen molar-refractivity contribution in [3.8, 4) is 0 Å². The minimum Gasteiger partial charge on any atom is -0.371 e. The summed E-state index contributed by atoms with van der Waals surface area (Å²) < 4.78 is 0. The SMILES string of the molecule is CC(=O)Nc1ccc2c(c1)N1CCC2CC1. The molecule has 0 atom stereocenters. The monoisotopic (exact) mass is 216 g/mol. The van der Waals surface area contributed by atoms with Crippen molar-refractivity contribution in [1.29, 1.82) is 0 Å². The Bertz CT molecular complexity index is 434. The molecule has 0 radical (unpaired) electrons. The third kappa shape index (κ3) is 1.47. The van der Waals surface area contributed by atoms with Gasteiger partial charge in [-0.15, -0.1) is 0 Å². The topological polar surface area (TPSA) is 32.3 Å². The molecular formula is C13H16N2O. The lowest BCUT2D eigenvalue weighted by molar-refractivity contribution is -0.114. The minimum atomic E-state index is -0.00378. The van der Waals surface area contributed by atoms with Crippen LogP contribution < -0.4 is 10.2 Å². The maximum absolute atomic E-state index is 11.0. The third-order valence-corrected chi connectivity index (χ3v) is 3.63. The van der Waals surface area contributed by atoms with E-state index in [9.17, 15) is 4.79 Å². The Balaban J connectivity index is 1.98. The molecule has 3 heterocycles. The molecule has 0 aromatic heterocycles. The Labute approximate surface area is 95.4 Å². The molecule has 1 fully saturated rings. The van der Waals surface area contributed by atoms with Gasteiger partial charge >= 0.3 is 0 Å². The molecule has 3 aliphatic heterocycles. The van der Waals surface area contributed by atoms with Crippen molar-refractivity contribution in [1.82, 2.24) is 0 Å². The Hall–Kier alpha value is -1.51. The van der Waals surface area contributed by atoms with Gasteiger partial charge in [-0.05, 0) is 36.5 Å². The maximum atomic E-state index is 11.0. The number of carbonyl (C=O) groups excluding carboxylic acids is 1. The standard InChI is InChI=1S/C13H16N2O/c1-9(16)14-11-2-3-12-10-4-6-15(7-5-10)13(12)8-11/h2-3,8,10H,4-7H2,1H3,(H,14,16). The van der Waals surface area contributed by atoms with Crippen LogP contribution in [0.4, 0.5) is 11.4 Å². The van der Waals surface area contributed by atoms with Crippen molar-refractivity contribution in [2.45, 2.75) is 25.7 Å². The number of hydrogen-bond donors (Lipinski definition) is 1. The zero-order chi connectivity index (χ0) is 11.1. The number of nitrogens with zero attached hydrogens (tertiary/aromatic N) is 1. The zero-order valence-corrected chi connectivity index (χ0v) is 9.49. The van der Waals surface area contributed by atoms with Crippen molar-refractivity contribution >= 4 is 17.3 Å². The van der Waals surface area contributed by atoms with E-state index in [1.165, 1.54) is 37.2 Å². The van der Waals surface area contributed by atoms with Crippen LogP contribution in [0.1, 0.15) is 31.2 Å². The van der Waals surface area contributed by atoms with Crippen LogP contribution >= 0.6 is 0 Å². The summed E-state index contributed by atoms with van der Waals surface area (Å²) >= 11 is 0. The van der Waals surface area contributed by atoms with Crippen molar-refractivity contribution in [3.63, 3.8) is 0 Å². The van der Waals surface area contributed by atoms with E-state index in [0.29, 0.717) is 0 Å². The number of anilines is 2. The Morgan fingerprint density at radius 1 is 1.38 bits per heavy atom. The average molecular weight is 216 g/mol. The van der Waals surface area contributed by atoms with Gasteiger partial charge in [-0.2, -0.15) is 0 Å². The number of benzene rings is 1. The van der Waals surface area contributed by atoms with Crippen LogP contribution in [0, 0.1) is 0 Å². The van der Waals surface area contributed by atoms with Crippen molar-refractivity contribution in [3.05, 3.63) is 23.8 Å². The fraction of sp³-hybridized carbons (Fsp3) is 0.462. The molecule has 1 amide bonds. The summed E-state index contributed by atoms with van der Waals surface area (Å²) in [6.07, 6.45) is 2.57. The average Bonchev–Trinajstić information content (AvgIpc) is 2.29. The second-order valence-electron chi connectivity index (χ2n) is 4.72. The summed E-state index contributed by atoms with van der Waals surface area (Å²) in [5.74, 6) is 0.738. The van der Waals surface area contributed by atoms with E-state index in [-0.39, 0.29) is 5.91 Å². The van der Waals surface area contributed by atoms with Crippen LogP contribution in [0.25, 0.3) is 0 Å². The fourth-order valence-corrected chi connectivity index (χ4v) is 2.88. The largest absolute Gasteiger partial charge is 0.371 e. The van der Waals surface area contributed by atoms with Crippen LogP contribution in [0.15, 0.2) is 18.2 Å². The number of carbonyl (C=O) groups is 1. The van der Waals surface area contributed by atoms with E-state index in [1.54, 1.807) is 6.92 Å². The Morgan fingerprint density at radius 3 is 2.81 bits per heavy atom. The molecule has 16 heavy (non-hydrogen) atoms. The number of rotatable bonds is 1. The first-order chi connectivity index (χ1) is 7.74. The molecule has 1 aromatic carbocycles. The van der Waals surface area contributed by atoms with E-state index >= 15 is 0 Å². The molecule has 1 saturated heterocycles. The van der Waals surface area contributed by atoms with E-state index in [2.05, 4.69) is 22.3 Å². The lowest BCUT2D eigenvalue weighted by Gasteiger charge is -2.42. The van der Waals surface area contributed by atoms with Crippen LogP contribution in [-0.2, 0) is 4.79 Å². The van der Waals surface area contributed by atoms with Gasteiger partial charge in [-0.1, -0.05) is 6.07 Å².